The average molecular weight is 206 g/mol. The Hall–Kier alpha value is -1.18. The van der Waals surface area contributed by atoms with Crippen LogP contribution in [0.3, 0.4) is 0 Å². The van der Waals surface area contributed by atoms with Gasteiger partial charge in [0.2, 0.25) is 0 Å². The quantitative estimate of drug-likeness (QED) is 0.740. The molecule has 0 radical (unpaired) electrons. The predicted molar refractivity (Wildman–Crippen MR) is 60.6 cm³/mol. The SMILES string of the molecule is CC(C)Oc1cccc2c1OC(C)(C)C2. The summed E-state index contributed by atoms with van der Waals surface area (Å²) >= 11 is 0. The maximum absolute atomic E-state index is 5.90. The van der Waals surface area contributed by atoms with E-state index in [1.165, 1.54) is 5.56 Å². The van der Waals surface area contributed by atoms with Crippen LogP contribution >= 0.6 is 0 Å². The lowest BCUT2D eigenvalue weighted by atomic mass is 10.0. The van der Waals surface area contributed by atoms with E-state index in [-0.39, 0.29) is 11.7 Å². The number of para-hydroxylation sites is 1. The van der Waals surface area contributed by atoms with Gasteiger partial charge in [0.1, 0.15) is 5.60 Å². The summed E-state index contributed by atoms with van der Waals surface area (Å²) < 4.78 is 11.6. The Morgan fingerprint density at radius 2 is 2.07 bits per heavy atom. The Kier molecular flexibility index (Phi) is 2.37. The number of fused-ring (bicyclic) bond motifs is 1. The molecular formula is C13H18O2. The van der Waals surface area contributed by atoms with Crippen molar-refractivity contribution in [2.45, 2.75) is 45.8 Å². The molecule has 1 heterocycles. The normalized spacial score (nSPS) is 17.4. The van der Waals surface area contributed by atoms with Crippen LogP contribution in [0.5, 0.6) is 11.5 Å². The fourth-order valence-corrected chi connectivity index (χ4v) is 1.93. The number of hydrogen-bond donors (Lipinski definition) is 0. The van der Waals surface area contributed by atoms with Gasteiger partial charge in [0, 0.05) is 12.0 Å². The molecule has 15 heavy (non-hydrogen) atoms. The van der Waals surface area contributed by atoms with Crippen molar-refractivity contribution in [1.29, 1.82) is 0 Å². The van der Waals surface area contributed by atoms with E-state index in [9.17, 15) is 0 Å². The molecule has 1 aliphatic heterocycles. The first kappa shape index (κ1) is 10.3. The van der Waals surface area contributed by atoms with Crippen LogP contribution in [0.15, 0.2) is 18.2 Å². The molecule has 0 atom stereocenters. The summed E-state index contributed by atoms with van der Waals surface area (Å²) in [4.78, 5) is 0. The van der Waals surface area contributed by atoms with Gasteiger partial charge >= 0.3 is 0 Å². The van der Waals surface area contributed by atoms with E-state index < -0.39 is 0 Å². The Labute approximate surface area is 91.2 Å². The van der Waals surface area contributed by atoms with E-state index in [1.807, 2.05) is 26.0 Å². The first-order valence-corrected chi connectivity index (χ1v) is 5.45. The molecule has 2 nitrogen and oxygen atoms in total. The topological polar surface area (TPSA) is 18.5 Å². The van der Waals surface area contributed by atoms with Crippen LogP contribution in [-0.2, 0) is 6.42 Å². The zero-order valence-corrected chi connectivity index (χ0v) is 9.83. The minimum absolute atomic E-state index is 0.0984. The summed E-state index contributed by atoms with van der Waals surface area (Å²) in [5, 5.41) is 0. The van der Waals surface area contributed by atoms with Gasteiger partial charge < -0.3 is 9.47 Å². The van der Waals surface area contributed by atoms with Gasteiger partial charge in [0.05, 0.1) is 6.10 Å². The van der Waals surface area contributed by atoms with Crippen molar-refractivity contribution in [2.24, 2.45) is 0 Å². The Bertz CT molecular complexity index is 367. The van der Waals surface area contributed by atoms with Crippen LogP contribution in [0.4, 0.5) is 0 Å². The molecule has 1 aromatic rings. The standard InChI is InChI=1S/C13H18O2/c1-9(2)14-11-7-5-6-10-8-13(3,4)15-12(10)11/h5-7,9H,8H2,1-4H3. The van der Waals surface area contributed by atoms with Crippen LogP contribution < -0.4 is 9.47 Å². The van der Waals surface area contributed by atoms with E-state index >= 15 is 0 Å². The van der Waals surface area contributed by atoms with Gasteiger partial charge in [-0.3, -0.25) is 0 Å². The molecule has 82 valence electrons. The maximum atomic E-state index is 5.90. The van der Waals surface area contributed by atoms with Gasteiger partial charge in [-0.1, -0.05) is 12.1 Å². The molecule has 0 aliphatic carbocycles. The van der Waals surface area contributed by atoms with E-state index in [2.05, 4.69) is 19.9 Å². The molecule has 1 aromatic carbocycles. The van der Waals surface area contributed by atoms with Crippen LogP contribution in [0.2, 0.25) is 0 Å². The molecule has 0 saturated carbocycles. The van der Waals surface area contributed by atoms with Crippen molar-refractivity contribution < 1.29 is 9.47 Å². The van der Waals surface area contributed by atoms with Crippen molar-refractivity contribution in [3.8, 4) is 11.5 Å². The Morgan fingerprint density at radius 1 is 1.33 bits per heavy atom. The van der Waals surface area contributed by atoms with Crippen molar-refractivity contribution in [2.75, 3.05) is 0 Å². The van der Waals surface area contributed by atoms with E-state index in [0.717, 1.165) is 17.9 Å². The van der Waals surface area contributed by atoms with Crippen LogP contribution in [-0.4, -0.2) is 11.7 Å². The van der Waals surface area contributed by atoms with Gasteiger partial charge in [-0.15, -0.1) is 0 Å². The fraction of sp³-hybridized carbons (Fsp3) is 0.538. The van der Waals surface area contributed by atoms with Gasteiger partial charge in [-0.2, -0.15) is 0 Å². The van der Waals surface area contributed by atoms with Gasteiger partial charge in [-0.25, -0.2) is 0 Å². The minimum Gasteiger partial charge on any atom is -0.487 e. The zero-order chi connectivity index (χ0) is 11.1. The monoisotopic (exact) mass is 206 g/mol. The molecule has 0 bridgehead atoms. The van der Waals surface area contributed by atoms with E-state index in [1.54, 1.807) is 0 Å². The highest BCUT2D eigenvalue weighted by molar-refractivity contribution is 5.50. The molecule has 0 amide bonds. The minimum atomic E-state index is -0.0984. The first-order valence-electron chi connectivity index (χ1n) is 5.45. The molecule has 0 spiro atoms. The summed E-state index contributed by atoms with van der Waals surface area (Å²) in [5.41, 5.74) is 1.15. The zero-order valence-electron chi connectivity index (χ0n) is 9.83. The summed E-state index contributed by atoms with van der Waals surface area (Å²) in [7, 11) is 0. The lowest BCUT2D eigenvalue weighted by Crippen LogP contribution is -2.24. The number of ether oxygens (including phenoxy) is 2. The lowest BCUT2D eigenvalue weighted by Gasteiger charge is -2.19. The van der Waals surface area contributed by atoms with E-state index in [0.29, 0.717) is 0 Å². The summed E-state index contributed by atoms with van der Waals surface area (Å²) in [6, 6.07) is 6.11. The smallest absolute Gasteiger partial charge is 0.165 e. The van der Waals surface area contributed by atoms with Gasteiger partial charge in [-0.05, 0) is 33.8 Å². The van der Waals surface area contributed by atoms with Crippen LogP contribution in [0.25, 0.3) is 0 Å². The number of hydrogen-bond acceptors (Lipinski definition) is 2. The molecule has 2 rings (SSSR count). The van der Waals surface area contributed by atoms with Crippen molar-refractivity contribution in [1.82, 2.24) is 0 Å². The Morgan fingerprint density at radius 3 is 2.73 bits per heavy atom. The fourth-order valence-electron chi connectivity index (χ4n) is 1.93. The number of rotatable bonds is 2. The van der Waals surface area contributed by atoms with E-state index in [4.69, 9.17) is 9.47 Å². The summed E-state index contributed by atoms with van der Waals surface area (Å²) in [6.45, 7) is 8.26. The van der Waals surface area contributed by atoms with Gasteiger partial charge in [0.15, 0.2) is 11.5 Å². The molecule has 0 aromatic heterocycles. The lowest BCUT2D eigenvalue weighted by molar-refractivity contribution is 0.128. The molecular weight excluding hydrogens is 188 g/mol. The molecule has 2 heteroatoms. The summed E-state index contributed by atoms with van der Waals surface area (Å²) in [6.07, 6.45) is 1.14. The first-order chi connectivity index (χ1) is 6.98. The third-order valence-electron chi connectivity index (χ3n) is 2.42. The molecule has 0 N–H and O–H groups in total. The third-order valence-corrected chi connectivity index (χ3v) is 2.42. The maximum Gasteiger partial charge on any atom is 0.165 e. The molecule has 1 aliphatic rings. The summed E-state index contributed by atoms with van der Waals surface area (Å²) in [5.74, 6) is 1.80. The second kappa shape index (κ2) is 3.44. The highest BCUT2D eigenvalue weighted by Crippen LogP contribution is 2.41. The molecule has 0 unspecified atom stereocenters. The number of benzene rings is 1. The van der Waals surface area contributed by atoms with Gasteiger partial charge in [0.25, 0.3) is 0 Å². The Balaban J connectivity index is 2.33. The van der Waals surface area contributed by atoms with Crippen molar-refractivity contribution >= 4 is 0 Å². The van der Waals surface area contributed by atoms with Crippen LogP contribution in [0.1, 0.15) is 33.3 Å². The largest absolute Gasteiger partial charge is 0.487 e. The van der Waals surface area contributed by atoms with Crippen molar-refractivity contribution in [3.05, 3.63) is 23.8 Å². The second-order valence-electron chi connectivity index (χ2n) is 4.95. The predicted octanol–water partition coefficient (Wildman–Crippen LogP) is 3.19. The second-order valence-corrected chi connectivity index (χ2v) is 4.95. The van der Waals surface area contributed by atoms with Crippen molar-refractivity contribution in [3.63, 3.8) is 0 Å². The molecule has 0 fully saturated rings. The highest BCUT2D eigenvalue weighted by atomic mass is 16.5. The third kappa shape index (κ3) is 2.09. The molecule has 0 saturated heterocycles. The highest BCUT2D eigenvalue weighted by Gasteiger charge is 2.32. The van der Waals surface area contributed by atoms with Crippen LogP contribution in [0, 0.1) is 0 Å². The average Bonchev–Trinajstić information content (AvgIpc) is 2.39.